The van der Waals surface area contributed by atoms with Crippen LogP contribution in [0.5, 0.6) is 0 Å². The zero-order chi connectivity index (χ0) is 17.7. The van der Waals surface area contributed by atoms with Crippen LogP contribution in [0.15, 0.2) is 28.7 Å². The molecule has 0 aliphatic heterocycles. The van der Waals surface area contributed by atoms with Crippen LogP contribution < -0.4 is 5.32 Å². The van der Waals surface area contributed by atoms with Gasteiger partial charge in [0, 0.05) is 16.7 Å². The van der Waals surface area contributed by atoms with Gasteiger partial charge in [-0.15, -0.1) is 0 Å². The summed E-state index contributed by atoms with van der Waals surface area (Å²) in [6.45, 7) is -2.30. The predicted molar refractivity (Wildman–Crippen MR) is 82.8 cm³/mol. The van der Waals surface area contributed by atoms with Crippen LogP contribution in [0.25, 0.3) is 11.0 Å². The normalized spacial score (nSPS) is 11.5. The van der Waals surface area contributed by atoms with E-state index in [9.17, 15) is 22.8 Å². The second-order valence-electron chi connectivity index (χ2n) is 4.81. The van der Waals surface area contributed by atoms with Crippen molar-refractivity contribution >= 4 is 34.6 Å². The zero-order valence-electron chi connectivity index (χ0n) is 12.6. The van der Waals surface area contributed by atoms with Gasteiger partial charge in [-0.25, -0.2) is 4.79 Å². The lowest BCUT2D eigenvalue weighted by Crippen LogP contribution is -2.36. The van der Waals surface area contributed by atoms with Gasteiger partial charge in [0.25, 0.3) is 5.91 Å². The van der Waals surface area contributed by atoms with Crippen molar-refractivity contribution in [3.8, 4) is 0 Å². The Bertz CT molecular complexity index is 742. The van der Waals surface area contributed by atoms with E-state index in [1.807, 2.05) is 6.26 Å². The Morgan fingerprint density at radius 2 is 2.00 bits per heavy atom. The topological polar surface area (TPSA) is 68.5 Å². The summed E-state index contributed by atoms with van der Waals surface area (Å²) in [5, 5.41) is 2.37. The number of halogens is 3. The number of thioether (sulfide) groups is 1. The molecule has 0 unspecified atom stereocenters. The lowest BCUT2D eigenvalue weighted by Gasteiger charge is -2.08. The third-order valence-electron chi connectivity index (χ3n) is 2.99. The molecule has 1 amide bonds. The van der Waals surface area contributed by atoms with E-state index in [4.69, 9.17) is 9.15 Å². The van der Waals surface area contributed by atoms with Crippen LogP contribution in [-0.4, -0.2) is 37.5 Å². The van der Waals surface area contributed by atoms with E-state index in [2.05, 4.69) is 0 Å². The average molecular weight is 361 g/mol. The molecule has 24 heavy (non-hydrogen) atoms. The van der Waals surface area contributed by atoms with E-state index >= 15 is 0 Å². The molecule has 1 aromatic heterocycles. The van der Waals surface area contributed by atoms with Crippen LogP contribution in [0.1, 0.15) is 16.1 Å². The van der Waals surface area contributed by atoms with Crippen LogP contribution in [-0.2, 0) is 15.3 Å². The van der Waals surface area contributed by atoms with Crippen LogP contribution in [0.3, 0.4) is 0 Å². The number of hydrogen-bond donors (Lipinski definition) is 1. The molecule has 0 saturated heterocycles. The molecule has 130 valence electrons. The summed E-state index contributed by atoms with van der Waals surface area (Å²) in [7, 11) is 0. The number of hydrogen-bond acceptors (Lipinski definition) is 5. The van der Waals surface area contributed by atoms with Crippen LogP contribution in [0.2, 0.25) is 0 Å². The molecule has 0 atom stereocenters. The molecule has 2 aromatic rings. The zero-order valence-corrected chi connectivity index (χ0v) is 13.4. The van der Waals surface area contributed by atoms with Gasteiger partial charge < -0.3 is 14.5 Å². The summed E-state index contributed by atoms with van der Waals surface area (Å²) in [5.41, 5.74) is 1.12. The Hall–Kier alpha value is -2.16. The number of fused-ring (bicyclic) bond motifs is 1. The molecule has 0 saturated carbocycles. The summed E-state index contributed by atoms with van der Waals surface area (Å²) in [5.74, 6) is -1.49. The second kappa shape index (κ2) is 7.61. The molecule has 1 N–H and O–H groups in total. The van der Waals surface area contributed by atoms with Crippen LogP contribution >= 0.6 is 11.8 Å². The summed E-state index contributed by atoms with van der Waals surface area (Å²) in [4.78, 5) is 23.4. The van der Waals surface area contributed by atoms with Crippen molar-refractivity contribution in [3.05, 3.63) is 35.6 Å². The molecule has 1 heterocycles. The minimum absolute atomic E-state index is 0.0471. The molecule has 0 bridgehead atoms. The average Bonchev–Trinajstić information content (AvgIpc) is 2.89. The fraction of sp³-hybridized carbons (Fsp3) is 0.333. The number of carbonyl (C=O) groups excluding carboxylic acids is 2. The first-order valence-electron chi connectivity index (χ1n) is 6.81. The number of rotatable bonds is 6. The van der Waals surface area contributed by atoms with Crippen molar-refractivity contribution in [1.82, 2.24) is 5.32 Å². The number of para-hydroxylation sites is 1. The van der Waals surface area contributed by atoms with E-state index in [0.717, 1.165) is 5.39 Å². The van der Waals surface area contributed by atoms with Crippen LogP contribution in [0, 0.1) is 0 Å². The van der Waals surface area contributed by atoms with Crippen LogP contribution in [0.4, 0.5) is 13.2 Å². The SMILES string of the molecule is CSCc1c(C(=O)OCC(=O)NCC(F)(F)F)oc2ccccc12. The van der Waals surface area contributed by atoms with E-state index in [1.165, 1.54) is 11.8 Å². The van der Waals surface area contributed by atoms with E-state index in [1.54, 1.807) is 29.6 Å². The molecule has 1 aromatic carbocycles. The van der Waals surface area contributed by atoms with Gasteiger partial charge in [0.05, 0.1) is 0 Å². The molecule has 9 heteroatoms. The molecule has 0 aliphatic rings. The second-order valence-corrected chi connectivity index (χ2v) is 5.67. The third kappa shape index (κ3) is 4.67. The molecule has 0 aliphatic carbocycles. The first kappa shape index (κ1) is 18.2. The van der Waals surface area contributed by atoms with Gasteiger partial charge >= 0.3 is 12.1 Å². The maximum Gasteiger partial charge on any atom is 0.405 e. The van der Waals surface area contributed by atoms with Gasteiger partial charge in [0.15, 0.2) is 6.61 Å². The highest BCUT2D eigenvalue weighted by Crippen LogP contribution is 2.29. The largest absolute Gasteiger partial charge is 0.450 e. The van der Waals surface area contributed by atoms with Gasteiger partial charge in [0.2, 0.25) is 5.76 Å². The van der Waals surface area contributed by atoms with E-state index < -0.39 is 31.2 Å². The number of benzene rings is 1. The van der Waals surface area contributed by atoms with Crippen molar-refractivity contribution in [3.63, 3.8) is 0 Å². The molecule has 0 fully saturated rings. The Morgan fingerprint density at radius 3 is 2.67 bits per heavy atom. The summed E-state index contributed by atoms with van der Waals surface area (Å²) in [6, 6.07) is 7.01. The fourth-order valence-electron chi connectivity index (χ4n) is 2.00. The van der Waals surface area contributed by atoms with Gasteiger partial charge in [-0.2, -0.15) is 24.9 Å². The minimum atomic E-state index is -4.52. The van der Waals surface area contributed by atoms with Gasteiger partial charge in [-0.1, -0.05) is 18.2 Å². The van der Waals surface area contributed by atoms with E-state index in [0.29, 0.717) is 16.9 Å². The Balaban J connectivity index is 2.06. The highest BCUT2D eigenvalue weighted by molar-refractivity contribution is 7.97. The number of esters is 1. The maximum atomic E-state index is 12.1. The first-order valence-corrected chi connectivity index (χ1v) is 8.21. The lowest BCUT2D eigenvalue weighted by atomic mass is 10.1. The monoisotopic (exact) mass is 361 g/mol. The molecule has 5 nitrogen and oxygen atoms in total. The number of furan rings is 1. The number of ether oxygens (including phenoxy) is 1. The number of amides is 1. The van der Waals surface area contributed by atoms with Crippen molar-refractivity contribution in [1.29, 1.82) is 0 Å². The molecule has 2 rings (SSSR count). The number of alkyl halides is 3. The summed E-state index contributed by atoms with van der Waals surface area (Å²) >= 11 is 1.47. The van der Waals surface area contributed by atoms with Gasteiger partial charge in [0.1, 0.15) is 12.1 Å². The molecule has 0 radical (unpaired) electrons. The molecular formula is C15H14F3NO4S. The Labute approximate surface area is 139 Å². The smallest absolute Gasteiger partial charge is 0.405 e. The highest BCUT2D eigenvalue weighted by Gasteiger charge is 2.28. The quantitative estimate of drug-likeness (QED) is 0.801. The maximum absolute atomic E-state index is 12.1. The number of nitrogens with one attached hydrogen (secondary N) is 1. The Morgan fingerprint density at radius 1 is 1.29 bits per heavy atom. The fourth-order valence-corrected chi connectivity index (χ4v) is 2.57. The van der Waals surface area contributed by atoms with Gasteiger partial charge in [-0.05, 0) is 12.3 Å². The van der Waals surface area contributed by atoms with Crippen molar-refractivity contribution in [2.75, 3.05) is 19.4 Å². The first-order chi connectivity index (χ1) is 11.3. The molecule has 0 spiro atoms. The van der Waals surface area contributed by atoms with Crippen molar-refractivity contribution in [2.45, 2.75) is 11.9 Å². The summed E-state index contributed by atoms with van der Waals surface area (Å²) < 4.78 is 46.2. The standard InChI is InChI=1S/C15H14F3NO4S/c1-24-7-10-9-4-2-3-5-11(9)23-13(10)14(21)22-6-12(20)19-8-15(16,17)18/h2-5H,6-8H2,1H3,(H,19,20). The van der Waals surface area contributed by atoms with E-state index in [-0.39, 0.29) is 5.76 Å². The lowest BCUT2D eigenvalue weighted by molar-refractivity contribution is -0.140. The van der Waals surface area contributed by atoms with Gasteiger partial charge in [-0.3, -0.25) is 4.79 Å². The Kier molecular flexibility index (Phi) is 5.76. The third-order valence-corrected chi connectivity index (χ3v) is 3.57. The summed E-state index contributed by atoms with van der Waals surface area (Å²) in [6.07, 6.45) is -2.68. The van der Waals surface area contributed by atoms with Crippen molar-refractivity contribution in [2.24, 2.45) is 0 Å². The predicted octanol–water partition coefficient (Wildman–Crippen LogP) is 3.13. The minimum Gasteiger partial charge on any atom is -0.450 e. The highest BCUT2D eigenvalue weighted by atomic mass is 32.2. The van der Waals surface area contributed by atoms with Crippen molar-refractivity contribution < 1.29 is 31.9 Å². The molecular weight excluding hydrogens is 347 g/mol. The number of carbonyl (C=O) groups is 2.